The molecule has 5 nitrogen and oxygen atoms in total. The van der Waals surface area contributed by atoms with Gasteiger partial charge in [0.15, 0.2) is 5.82 Å². The molecule has 0 spiro atoms. The number of benzene rings is 2. The van der Waals surface area contributed by atoms with Crippen molar-refractivity contribution in [3.63, 3.8) is 0 Å². The minimum absolute atomic E-state index is 0.606. The second kappa shape index (κ2) is 5.13. The Labute approximate surface area is 116 Å². The average Bonchev–Trinajstić information content (AvgIpc) is 2.54. The Bertz CT molecular complexity index is 758. The number of nitrogens with zero attached hydrogens (tertiary/aromatic N) is 3. The molecule has 0 saturated heterocycles. The molecule has 0 fully saturated rings. The van der Waals surface area contributed by atoms with E-state index in [2.05, 4.69) is 20.5 Å². The molecule has 1 heterocycles. The molecule has 1 N–H and O–H groups in total. The summed E-state index contributed by atoms with van der Waals surface area (Å²) in [5.41, 5.74) is 0.937. The van der Waals surface area contributed by atoms with Gasteiger partial charge in [-0.3, -0.25) is 0 Å². The molecule has 5 heteroatoms. The van der Waals surface area contributed by atoms with Crippen LogP contribution < -0.4 is 10.1 Å². The maximum absolute atomic E-state index is 5.22. The zero-order chi connectivity index (χ0) is 13.9. The normalized spacial score (nSPS) is 10.5. The lowest BCUT2D eigenvalue weighted by Gasteiger charge is -2.05. The van der Waals surface area contributed by atoms with Crippen LogP contribution in [0.1, 0.15) is 0 Å². The summed E-state index contributed by atoms with van der Waals surface area (Å²) >= 11 is 0. The van der Waals surface area contributed by atoms with Crippen LogP contribution in [-0.2, 0) is 0 Å². The molecule has 0 radical (unpaired) electrons. The van der Waals surface area contributed by atoms with E-state index in [0.717, 1.165) is 22.1 Å². The van der Waals surface area contributed by atoms with Gasteiger partial charge in [0.05, 0.1) is 13.3 Å². The number of fused-ring (bicyclic) bond motifs is 1. The van der Waals surface area contributed by atoms with E-state index in [1.54, 1.807) is 20.4 Å². The van der Waals surface area contributed by atoms with Crippen molar-refractivity contribution in [3.8, 4) is 17.1 Å². The topological polar surface area (TPSA) is 59.9 Å². The van der Waals surface area contributed by atoms with Crippen molar-refractivity contribution in [2.75, 3.05) is 19.5 Å². The fraction of sp³-hybridized carbons (Fsp3) is 0.133. The van der Waals surface area contributed by atoms with E-state index in [-0.39, 0.29) is 0 Å². The molecule has 0 bridgehead atoms. The van der Waals surface area contributed by atoms with Crippen LogP contribution in [0.5, 0.6) is 5.75 Å². The molecule has 100 valence electrons. The molecule has 0 atom stereocenters. The van der Waals surface area contributed by atoms with E-state index in [1.165, 1.54) is 0 Å². The van der Waals surface area contributed by atoms with Crippen molar-refractivity contribution >= 4 is 16.6 Å². The Hall–Kier alpha value is -2.69. The first-order chi connectivity index (χ1) is 9.80. The van der Waals surface area contributed by atoms with E-state index in [1.807, 2.05) is 36.4 Å². The summed E-state index contributed by atoms with van der Waals surface area (Å²) in [6.07, 6.45) is 1.59. The van der Waals surface area contributed by atoms with Gasteiger partial charge in [-0.05, 0) is 29.0 Å². The summed E-state index contributed by atoms with van der Waals surface area (Å²) in [6.45, 7) is 0. The van der Waals surface area contributed by atoms with E-state index >= 15 is 0 Å². The molecule has 2 aromatic carbocycles. The lowest BCUT2D eigenvalue weighted by atomic mass is 10.1. The Morgan fingerprint density at radius 2 is 1.85 bits per heavy atom. The SMILES string of the molecule is CNc1cnnc(-c2ccc3cc(OC)ccc3c2)n1. The molecule has 20 heavy (non-hydrogen) atoms. The van der Waals surface area contributed by atoms with Crippen LogP contribution in [-0.4, -0.2) is 29.3 Å². The second-order valence-corrected chi connectivity index (χ2v) is 4.34. The fourth-order valence-electron chi connectivity index (χ4n) is 2.04. The summed E-state index contributed by atoms with van der Waals surface area (Å²) in [5, 5.41) is 13.2. The maximum atomic E-state index is 5.22. The second-order valence-electron chi connectivity index (χ2n) is 4.34. The van der Waals surface area contributed by atoms with Gasteiger partial charge < -0.3 is 10.1 Å². The van der Waals surface area contributed by atoms with Gasteiger partial charge >= 0.3 is 0 Å². The number of hydrogen-bond donors (Lipinski definition) is 1. The maximum Gasteiger partial charge on any atom is 0.183 e. The van der Waals surface area contributed by atoms with Gasteiger partial charge in [0.1, 0.15) is 11.6 Å². The lowest BCUT2D eigenvalue weighted by Crippen LogP contribution is -1.98. The summed E-state index contributed by atoms with van der Waals surface area (Å²) in [7, 11) is 3.47. The van der Waals surface area contributed by atoms with Gasteiger partial charge in [-0.1, -0.05) is 18.2 Å². The van der Waals surface area contributed by atoms with Crippen LogP contribution in [0.2, 0.25) is 0 Å². The fourth-order valence-corrected chi connectivity index (χ4v) is 2.04. The summed E-state index contributed by atoms with van der Waals surface area (Å²) < 4.78 is 5.22. The molecule has 0 aliphatic rings. The molecule has 0 aliphatic heterocycles. The first-order valence-electron chi connectivity index (χ1n) is 6.26. The van der Waals surface area contributed by atoms with Gasteiger partial charge in [0.2, 0.25) is 0 Å². The summed E-state index contributed by atoms with van der Waals surface area (Å²) in [6, 6.07) is 12.0. The van der Waals surface area contributed by atoms with Crippen LogP contribution in [0, 0.1) is 0 Å². The predicted molar refractivity (Wildman–Crippen MR) is 78.9 cm³/mol. The number of rotatable bonds is 3. The predicted octanol–water partition coefficient (Wildman–Crippen LogP) is 2.74. The molecular weight excluding hydrogens is 252 g/mol. The quantitative estimate of drug-likeness (QED) is 0.789. The van der Waals surface area contributed by atoms with Crippen molar-refractivity contribution in [3.05, 3.63) is 42.6 Å². The van der Waals surface area contributed by atoms with Crippen molar-refractivity contribution in [2.45, 2.75) is 0 Å². The molecule has 0 unspecified atom stereocenters. The molecule has 0 aliphatic carbocycles. The number of ether oxygens (including phenoxy) is 1. The standard InChI is InChI=1S/C15H14N4O/c1-16-14-9-17-19-15(18-14)12-4-3-11-8-13(20-2)6-5-10(11)7-12/h3-9H,1-2H3,(H,16,18,19). The Balaban J connectivity index is 2.08. The van der Waals surface area contributed by atoms with Crippen molar-refractivity contribution in [1.82, 2.24) is 15.2 Å². The largest absolute Gasteiger partial charge is 0.497 e. The van der Waals surface area contributed by atoms with E-state index < -0.39 is 0 Å². The zero-order valence-electron chi connectivity index (χ0n) is 11.3. The summed E-state index contributed by atoms with van der Waals surface area (Å²) in [4.78, 5) is 4.39. The summed E-state index contributed by atoms with van der Waals surface area (Å²) in [5.74, 6) is 2.15. The first-order valence-corrected chi connectivity index (χ1v) is 6.26. The minimum Gasteiger partial charge on any atom is -0.497 e. The molecule has 0 amide bonds. The molecule has 0 saturated carbocycles. The van der Waals surface area contributed by atoms with Gasteiger partial charge in [-0.25, -0.2) is 4.98 Å². The molecular formula is C15H14N4O. The highest BCUT2D eigenvalue weighted by Crippen LogP contribution is 2.25. The highest BCUT2D eigenvalue weighted by atomic mass is 16.5. The number of hydrogen-bond acceptors (Lipinski definition) is 5. The van der Waals surface area contributed by atoms with Crippen molar-refractivity contribution < 1.29 is 4.74 Å². The number of methoxy groups -OCH3 is 1. The Morgan fingerprint density at radius 1 is 1.05 bits per heavy atom. The van der Waals surface area contributed by atoms with Gasteiger partial charge in [-0.2, -0.15) is 5.10 Å². The third-order valence-electron chi connectivity index (χ3n) is 3.12. The van der Waals surface area contributed by atoms with Crippen LogP contribution in [0.25, 0.3) is 22.2 Å². The smallest absolute Gasteiger partial charge is 0.183 e. The van der Waals surface area contributed by atoms with Crippen molar-refractivity contribution in [2.24, 2.45) is 0 Å². The lowest BCUT2D eigenvalue weighted by molar-refractivity contribution is 0.415. The van der Waals surface area contributed by atoms with Crippen molar-refractivity contribution in [1.29, 1.82) is 0 Å². The van der Waals surface area contributed by atoms with Gasteiger partial charge in [-0.15, -0.1) is 5.10 Å². The van der Waals surface area contributed by atoms with E-state index in [4.69, 9.17) is 4.74 Å². The van der Waals surface area contributed by atoms with Crippen LogP contribution >= 0.6 is 0 Å². The molecule has 1 aromatic heterocycles. The third kappa shape index (κ3) is 2.25. The molecule has 3 rings (SSSR count). The van der Waals surface area contributed by atoms with Crippen LogP contribution in [0.15, 0.2) is 42.6 Å². The minimum atomic E-state index is 0.606. The highest BCUT2D eigenvalue weighted by molar-refractivity contribution is 5.87. The van der Waals surface area contributed by atoms with E-state index in [0.29, 0.717) is 11.6 Å². The molecule has 3 aromatic rings. The van der Waals surface area contributed by atoms with Crippen LogP contribution in [0.3, 0.4) is 0 Å². The third-order valence-corrected chi connectivity index (χ3v) is 3.12. The first kappa shape index (κ1) is 12.3. The van der Waals surface area contributed by atoms with E-state index in [9.17, 15) is 0 Å². The number of nitrogens with one attached hydrogen (secondary N) is 1. The monoisotopic (exact) mass is 266 g/mol. The number of anilines is 1. The number of aromatic nitrogens is 3. The zero-order valence-corrected chi connectivity index (χ0v) is 11.3. The van der Waals surface area contributed by atoms with Gasteiger partial charge in [0, 0.05) is 12.6 Å². The highest BCUT2D eigenvalue weighted by Gasteiger charge is 2.05. The van der Waals surface area contributed by atoms with Crippen LogP contribution in [0.4, 0.5) is 5.82 Å². The average molecular weight is 266 g/mol. The Kier molecular flexibility index (Phi) is 3.16. The Morgan fingerprint density at radius 3 is 2.65 bits per heavy atom. The van der Waals surface area contributed by atoms with Gasteiger partial charge in [0.25, 0.3) is 0 Å².